The Labute approximate surface area is 177 Å². The smallest absolute Gasteiger partial charge is 0.123 e. The van der Waals surface area contributed by atoms with Crippen LogP contribution in [-0.2, 0) is 22.3 Å². The lowest BCUT2D eigenvalue weighted by Gasteiger charge is -2.50. The predicted molar refractivity (Wildman–Crippen MR) is 117 cm³/mol. The van der Waals surface area contributed by atoms with E-state index in [1.54, 1.807) is 6.07 Å². The molecule has 0 saturated heterocycles. The van der Waals surface area contributed by atoms with Gasteiger partial charge >= 0.3 is 0 Å². The molecule has 2 aliphatic rings. The fourth-order valence-corrected chi connectivity index (χ4v) is 5.49. The molecule has 0 amide bonds. The van der Waals surface area contributed by atoms with Crippen molar-refractivity contribution in [2.75, 3.05) is 20.7 Å². The minimum atomic E-state index is -0.280. The molecule has 1 aromatic heterocycles. The number of nitrogens with one attached hydrogen (secondary N) is 1. The number of benzene rings is 2. The Balaban J connectivity index is 0.00000205. The van der Waals surface area contributed by atoms with E-state index >= 15 is 0 Å². The summed E-state index contributed by atoms with van der Waals surface area (Å²) >= 11 is 0. The molecule has 0 atom stereocenters. The van der Waals surface area contributed by atoms with Gasteiger partial charge in [-0.1, -0.05) is 30.3 Å². The molecule has 1 spiro atoms. The Morgan fingerprint density at radius 2 is 1.72 bits per heavy atom. The number of halogens is 2. The molecule has 1 aliphatic carbocycles. The zero-order chi connectivity index (χ0) is 19.4. The first-order chi connectivity index (χ1) is 13.5. The number of nitrogens with zero attached hydrogens (tertiary/aromatic N) is 1. The Morgan fingerprint density at radius 1 is 1.00 bits per heavy atom. The maximum Gasteiger partial charge on any atom is 0.123 e. The van der Waals surface area contributed by atoms with Crippen LogP contribution in [0.15, 0.2) is 48.5 Å². The van der Waals surface area contributed by atoms with Gasteiger partial charge in [0, 0.05) is 16.4 Å². The SMILES string of the molecule is CN(C)C1(c2ccccc2)CCC2(CC1)OCCc1c2[nH]c2ccc(F)cc12.Cl. The highest BCUT2D eigenvalue weighted by Crippen LogP contribution is 2.52. The maximum atomic E-state index is 13.8. The topological polar surface area (TPSA) is 28.3 Å². The summed E-state index contributed by atoms with van der Waals surface area (Å²) in [6.45, 7) is 0.705. The Kier molecular flexibility index (Phi) is 5.22. The minimum absolute atomic E-state index is 0. The molecule has 1 saturated carbocycles. The highest BCUT2D eigenvalue weighted by atomic mass is 35.5. The zero-order valence-electron chi connectivity index (χ0n) is 17.0. The van der Waals surface area contributed by atoms with E-state index in [4.69, 9.17) is 4.74 Å². The van der Waals surface area contributed by atoms with Crippen molar-refractivity contribution >= 4 is 23.3 Å². The van der Waals surface area contributed by atoms with Gasteiger partial charge in [0.25, 0.3) is 0 Å². The highest BCUT2D eigenvalue weighted by Gasteiger charge is 2.49. The van der Waals surface area contributed by atoms with Crippen molar-refractivity contribution in [3.8, 4) is 0 Å². The normalized spacial score (nSPS) is 26.5. The minimum Gasteiger partial charge on any atom is -0.368 e. The molecule has 5 heteroatoms. The monoisotopic (exact) mass is 414 g/mol. The third kappa shape index (κ3) is 3.09. The van der Waals surface area contributed by atoms with Crippen LogP contribution < -0.4 is 0 Å². The third-order valence-electron chi connectivity index (χ3n) is 7.11. The molecule has 5 rings (SSSR count). The summed E-state index contributed by atoms with van der Waals surface area (Å²) in [7, 11) is 4.37. The van der Waals surface area contributed by atoms with Crippen molar-refractivity contribution in [3.05, 3.63) is 71.2 Å². The number of fused-ring (bicyclic) bond motifs is 4. The summed E-state index contributed by atoms with van der Waals surface area (Å²) in [5, 5.41) is 1.02. The maximum absolute atomic E-state index is 13.8. The summed E-state index contributed by atoms with van der Waals surface area (Å²) in [6, 6.07) is 15.9. The molecule has 0 radical (unpaired) electrons. The van der Waals surface area contributed by atoms with Gasteiger partial charge in [-0.05, 0) is 75.5 Å². The van der Waals surface area contributed by atoms with Crippen molar-refractivity contribution < 1.29 is 9.13 Å². The van der Waals surface area contributed by atoms with E-state index in [0.29, 0.717) is 6.61 Å². The van der Waals surface area contributed by atoms with Gasteiger partial charge in [-0.15, -0.1) is 12.4 Å². The molecule has 3 nitrogen and oxygen atoms in total. The zero-order valence-corrected chi connectivity index (χ0v) is 17.8. The Hall–Kier alpha value is -1.88. The number of ether oxygens (including phenoxy) is 1. The number of aromatic amines is 1. The Morgan fingerprint density at radius 3 is 2.41 bits per heavy atom. The fourth-order valence-electron chi connectivity index (χ4n) is 5.49. The first kappa shape index (κ1) is 20.4. The van der Waals surface area contributed by atoms with E-state index in [2.05, 4.69) is 54.3 Å². The molecule has 1 aliphatic heterocycles. The van der Waals surface area contributed by atoms with Crippen LogP contribution in [0, 0.1) is 5.82 Å². The first-order valence-corrected chi connectivity index (χ1v) is 10.2. The van der Waals surface area contributed by atoms with Crippen LogP contribution in [0.4, 0.5) is 4.39 Å². The van der Waals surface area contributed by atoms with E-state index in [0.717, 1.165) is 43.0 Å². The molecule has 0 unspecified atom stereocenters. The number of H-pyrrole nitrogens is 1. The summed E-state index contributed by atoms with van der Waals surface area (Å²) in [5.74, 6) is -0.172. The van der Waals surface area contributed by atoms with Crippen molar-refractivity contribution in [2.24, 2.45) is 0 Å². The second-order valence-electron chi connectivity index (χ2n) is 8.55. The van der Waals surface area contributed by atoms with Gasteiger partial charge in [-0.25, -0.2) is 4.39 Å². The van der Waals surface area contributed by atoms with Gasteiger partial charge in [-0.2, -0.15) is 0 Å². The van der Waals surface area contributed by atoms with Crippen LogP contribution in [0.5, 0.6) is 0 Å². The molecule has 1 fully saturated rings. The highest BCUT2D eigenvalue weighted by molar-refractivity contribution is 5.85. The van der Waals surface area contributed by atoms with E-state index in [-0.39, 0.29) is 29.4 Å². The average Bonchev–Trinajstić information content (AvgIpc) is 3.09. The molecule has 0 bridgehead atoms. The quantitative estimate of drug-likeness (QED) is 0.597. The second-order valence-corrected chi connectivity index (χ2v) is 8.55. The molecule has 2 aromatic carbocycles. The van der Waals surface area contributed by atoms with Crippen LogP contribution in [-0.4, -0.2) is 30.6 Å². The molecule has 29 heavy (non-hydrogen) atoms. The molecular weight excluding hydrogens is 387 g/mol. The molecule has 2 heterocycles. The van der Waals surface area contributed by atoms with Crippen LogP contribution in [0.25, 0.3) is 10.9 Å². The average molecular weight is 415 g/mol. The molecule has 3 aromatic rings. The Bertz CT molecular complexity index is 1010. The first-order valence-electron chi connectivity index (χ1n) is 10.2. The third-order valence-corrected chi connectivity index (χ3v) is 7.11. The van der Waals surface area contributed by atoms with E-state index < -0.39 is 0 Å². The summed E-state index contributed by atoms with van der Waals surface area (Å²) < 4.78 is 20.3. The van der Waals surface area contributed by atoms with Crippen molar-refractivity contribution in [3.63, 3.8) is 0 Å². The fraction of sp³-hybridized carbons (Fsp3) is 0.417. The predicted octanol–water partition coefficient (Wildman–Crippen LogP) is 5.53. The van der Waals surface area contributed by atoms with Crippen LogP contribution in [0.2, 0.25) is 0 Å². The van der Waals surface area contributed by atoms with Gasteiger partial charge in [0.15, 0.2) is 0 Å². The number of hydrogen-bond donors (Lipinski definition) is 1. The van der Waals surface area contributed by atoms with Crippen LogP contribution >= 0.6 is 12.4 Å². The lowest BCUT2D eigenvalue weighted by Crippen LogP contribution is -2.50. The largest absolute Gasteiger partial charge is 0.368 e. The second kappa shape index (κ2) is 7.42. The number of aromatic nitrogens is 1. The molecular formula is C24H28ClFN2O. The summed E-state index contributed by atoms with van der Waals surface area (Å²) in [6.07, 6.45) is 4.84. The van der Waals surface area contributed by atoms with Gasteiger partial charge in [0.1, 0.15) is 11.4 Å². The van der Waals surface area contributed by atoms with E-state index in [1.165, 1.54) is 22.9 Å². The summed E-state index contributed by atoms with van der Waals surface area (Å²) in [4.78, 5) is 5.97. The van der Waals surface area contributed by atoms with Gasteiger partial charge in [0.2, 0.25) is 0 Å². The molecule has 1 N–H and O–H groups in total. The molecule has 154 valence electrons. The van der Waals surface area contributed by atoms with Gasteiger partial charge in [0.05, 0.1) is 12.3 Å². The van der Waals surface area contributed by atoms with Crippen molar-refractivity contribution in [1.82, 2.24) is 9.88 Å². The van der Waals surface area contributed by atoms with Gasteiger partial charge in [-0.3, -0.25) is 4.90 Å². The van der Waals surface area contributed by atoms with Crippen molar-refractivity contribution in [2.45, 2.75) is 43.2 Å². The van der Waals surface area contributed by atoms with E-state index in [9.17, 15) is 4.39 Å². The van der Waals surface area contributed by atoms with Crippen molar-refractivity contribution in [1.29, 1.82) is 0 Å². The lowest BCUT2D eigenvalue weighted by atomic mass is 9.68. The van der Waals surface area contributed by atoms with Gasteiger partial charge < -0.3 is 9.72 Å². The van der Waals surface area contributed by atoms with Crippen LogP contribution in [0.1, 0.15) is 42.5 Å². The lowest BCUT2D eigenvalue weighted by molar-refractivity contribution is -0.113. The number of rotatable bonds is 2. The van der Waals surface area contributed by atoms with E-state index in [1.807, 2.05) is 6.07 Å². The van der Waals surface area contributed by atoms with Crippen LogP contribution in [0.3, 0.4) is 0 Å². The number of hydrogen-bond acceptors (Lipinski definition) is 2. The standard InChI is InChI=1S/C24H27FN2O.ClH/c1-27(2)23(17-6-4-3-5-7-17)11-13-24(14-12-23)22-19(10-15-28-24)20-16-18(25)8-9-21(20)26-22;/h3-9,16,26H,10-15H2,1-2H3;1H. The summed E-state index contributed by atoms with van der Waals surface area (Å²) in [5.41, 5.74) is 4.58.